The number of imidazole rings is 1. The molecule has 72 valence electrons. The molecule has 1 rings (SSSR count). The molecule has 1 aromatic rings. The van der Waals surface area contributed by atoms with Gasteiger partial charge in [0.15, 0.2) is 5.69 Å². The molecule has 0 atom stereocenters. The topological polar surface area (TPSA) is 55.0 Å². The second kappa shape index (κ2) is 4.64. The average molecular weight is 182 g/mol. The standard InChI is InChI=1S/C9H14N2O2/c1-3-4-5-8-10-6-7(11-8)9(12)13-2/h6H,3-5H2,1-2H3,(H,10,11). The zero-order valence-electron chi connectivity index (χ0n) is 7.96. The molecule has 0 aliphatic heterocycles. The molecule has 4 nitrogen and oxygen atoms in total. The lowest BCUT2D eigenvalue weighted by Gasteiger charge is -1.92. The number of methoxy groups -OCH3 is 1. The van der Waals surface area contributed by atoms with Crippen molar-refractivity contribution in [1.29, 1.82) is 0 Å². The fourth-order valence-electron chi connectivity index (χ4n) is 1.04. The fraction of sp³-hybridized carbons (Fsp3) is 0.556. The van der Waals surface area contributed by atoms with E-state index >= 15 is 0 Å². The van der Waals surface area contributed by atoms with Gasteiger partial charge in [0.1, 0.15) is 5.82 Å². The summed E-state index contributed by atoms with van der Waals surface area (Å²) in [5.41, 5.74) is 0.355. The lowest BCUT2D eigenvalue weighted by atomic mass is 10.2. The van der Waals surface area contributed by atoms with Gasteiger partial charge in [-0.25, -0.2) is 9.78 Å². The van der Waals surface area contributed by atoms with Crippen molar-refractivity contribution in [2.45, 2.75) is 26.2 Å². The molecule has 0 aliphatic carbocycles. The van der Waals surface area contributed by atoms with Crippen LogP contribution in [0.15, 0.2) is 6.20 Å². The van der Waals surface area contributed by atoms with Crippen LogP contribution < -0.4 is 0 Å². The van der Waals surface area contributed by atoms with Crippen molar-refractivity contribution in [3.05, 3.63) is 17.7 Å². The summed E-state index contributed by atoms with van der Waals surface area (Å²) >= 11 is 0. The van der Waals surface area contributed by atoms with Crippen LogP contribution in [-0.2, 0) is 11.2 Å². The molecule has 0 radical (unpaired) electrons. The van der Waals surface area contributed by atoms with E-state index in [1.54, 1.807) is 6.20 Å². The van der Waals surface area contributed by atoms with Gasteiger partial charge in [-0.2, -0.15) is 0 Å². The molecule has 1 aromatic heterocycles. The number of H-pyrrole nitrogens is 1. The first-order valence-corrected chi connectivity index (χ1v) is 4.40. The summed E-state index contributed by atoms with van der Waals surface area (Å²) in [4.78, 5) is 18.0. The van der Waals surface area contributed by atoms with Crippen LogP contribution in [0.25, 0.3) is 0 Å². The Morgan fingerprint density at radius 2 is 2.46 bits per heavy atom. The highest BCUT2D eigenvalue weighted by atomic mass is 16.5. The Morgan fingerprint density at radius 3 is 3.08 bits per heavy atom. The zero-order chi connectivity index (χ0) is 9.68. The van der Waals surface area contributed by atoms with Crippen LogP contribution in [0.2, 0.25) is 0 Å². The minimum Gasteiger partial charge on any atom is -0.464 e. The molecule has 0 saturated heterocycles. The van der Waals surface area contributed by atoms with Crippen molar-refractivity contribution in [3.8, 4) is 0 Å². The lowest BCUT2D eigenvalue weighted by Crippen LogP contribution is -2.01. The molecule has 0 saturated carbocycles. The van der Waals surface area contributed by atoms with Crippen LogP contribution in [0.4, 0.5) is 0 Å². The first-order valence-electron chi connectivity index (χ1n) is 4.40. The van der Waals surface area contributed by atoms with Gasteiger partial charge >= 0.3 is 5.97 Å². The van der Waals surface area contributed by atoms with Gasteiger partial charge in [-0.15, -0.1) is 0 Å². The maximum atomic E-state index is 11.0. The summed E-state index contributed by atoms with van der Waals surface area (Å²) in [6.45, 7) is 2.12. The monoisotopic (exact) mass is 182 g/mol. The number of nitrogens with one attached hydrogen (secondary N) is 1. The van der Waals surface area contributed by atoms with E-state index in [2.05, 4.69) is 21.6 Å². The summed E-state index contributed by atoms with van der Waals surface area (Å²) in [7, 11) is 1.35. The number of nitrogens with zero attached hydrogens (tertiary/aromatic N) is 1. The Morgan fingerprint density at radius 1 is 1.69 bits per heavy atom. The third-order valence-electron chi connectivity index (χ3n) is 1.79. The van der Waals surface area contributed by atoms with Crippen molar-refractivity contribution in [2.24, 2.45) is 0 Å². The fourth-order valence-corrected chi connectivity index (χ4v) is 1.04. The van der Waals surface area contributed by atoms with Gasteiger partial charge in [-0.05, 0) is 6.42 Å². The van der Waals surface area contributed by atoms with Gasteiger partial charge in [0.25, 0.3) is 0 Å². The average Bonchev–Trinajstić information content (AvgIpc) is 2.62. The maximum Gasteiger partial charge on any atom is 0.358 e. The van der Waals surface area contributed by atoms with Crippen LogP contribution in [0.1, 0.15) is 36.1 Å². The van der Waals surface area contributed by atoms with Crippen molar-refractivity contribution in [1.82, 2.24) is 9.97 Å². The molecule has 0 fully saturated rings. The summed E-state index contributed by atoms with van der Waals surface area (Å²) in [6.07, 6.45) is 4.66. The second-order valence-corrected chi connectivity index (χ2v) is 2.83. The van der Waals surface area contributed by atoms with E-state index in [9.17, 15) is 4.79 Å². The van der Waals surface area contributed by atoms with Crippen LogP contribution in [-0.4, -0.2) is 23.0 Å². The minimum absolute atomic E-state index is 0.355. The number of ether oxygens (including phenoxy) is 1. The van der Waals surface area contributed by atoms with E-state index in [1.807, 2.05) is 0 Å². The lowest BCUT2D eigenvalue weighted by molar-refractivity contribution is 0.0594. The highest BCUT2D eigenvalue weighted by Crippen LogP contribution is 2.02. The van der Waals surface area contributed by atoms with E-state index in [0.29, 0.717) is 5.69 Å². The Bertz CT molecular complexity index is 281. The van der Waals surface area contributed by atoms with E-state index in [0.717, 1.165) is 25.1 Å². The van der Waals surface area contributed by atoms with Gasteiger partial charge in [0.05, 0.1) is 7.11 Å². The molecule has 0 bridgehead atoms. The predicted octanol–water partition coefficient (Wildman–Crippen LogP) is 1.54. The minimum atomic E-state index is -0.390. The molecule has 0 spiro atoms. The summed E-state index contributed by atoms with van der Waals surface area (Å²) in [5, 5.41) is 0. The number of hydrogen-bond donors (Lipinski definition) is 1. The smallest absolute Gasteiger partial charge is 0.358 e. The third kappa shape index (κ3) is 2.57. The maximum absolute atomic E-state index is 11.0. The van der Waals surface area contributed by atoms with E-state index in [-0.39, 0.29) is 5.97 Å². The first kappa shape index (κ1) is 9.77. The molecule has 0 aromatic carbocycles. The SMILES string of the molecule is CCCCc1nc(C(=O)OC)c[nH]1. The quantitative estimate of drug-likeness (QED) is 0.718. The van der Waals surface area contributed by atoms with Gasteiger partial charge in [-0.3, -0.25) is 0 Å². The number of carbonyl (C=O) groups excluding carboxylic acids is 1. The number of carbonyl (C=O) groups is 1. The van der Waals surface area contributed by atoms with E-state index in [4.69, 9.17) is 0 Å². The van der Waals surface area contributed by atoms with Gasteiger partial charge in [0, 0.05) is 12.6 Å². The Hall–Kier alpha value is -1.32. The molecule has 0 unspecified atom stereocenters. The third-order valence-corrected chi connectivity index (χ3v) is 1.79. The Labute approximate surface area is 77.3 Å². The second-order valence-electron chi connectivity index (χ2n) is 2.83. The van der Waals surface area contributed by atoms with E-state index in [1.165, 1.54) is 7.11 Å². The number of aryl methyl sites for hydroxylation is 1. The number of hydrogen-bond acceptors (Lipinski definition) is 3. The van der Waals surface area contributed by atoms with Gasteiger partial charge in [0.2, 0.25) is 0 Å². The summed E-state index contributed by atoms with van der Waals surface area (Å²) in [6, 6.07) is 0. The molecule has 13 heavy (non-hydrogen) atoms. The van der Waals surface area contributed by atoms with Crippen LogP contribution >= 0.6 is 0 Å². The zero-order valence-corrected chi connectivity index (χ0v) is 7.96. The van der Waals surface area contributed by atoms with Crippen molar-refractivity contribution in [2.75, 3.05) is 7.11 Å². The van der Waals surface area contributed by atoms with Crippen LogP contribution in [0, 0.1) is 0 Å². The van der Waals surface area contributed by atoms with Crippen molar-refractivity contribution >= 4 is 5.97 Å². The largest absolute Gasteiger partial charge is 0.464 e. The normalized spacial score (nSPS) is 10.0. The molecule has 4 heteroatoms. The van der Waals surface area contributed by atoms with Crippen LogP contribution in [0.3, 0.4) is 0 Å². The van der Waals surface area contributed by atoms with E-state index < -0.39 is 0 Å². The van der Waals surface area contributed by atoms with Crippen molar-refractivity contribution < 1.29 is 9.53 Å². The number of esters is 1. The molecule has 0 amide bonds. The number of aromatic nitrogens is 2. The predicted molar refractivity (Wildman–Crippen MR) is 48.5 cm³/mol. The van der Waals surface area contributed by atoms with Gasteiger partial charge in [-0.1, -0.05) is 13.3 Å². The summed E-state index contributed by atoms with van der Waals surface area (Å²) < 4.78 is 4.53. The number of aromatic amines is 1. The first-order chi connectivity index (χ1) is 6.27. The molecular formula is C9H14N2O2. The molecule has 1 heterocycles. The van der Waals surface area contributed by atoms with Crippen LogP contribution in [0.5, 0.6) is 0 Å². The number of unbranched alkanes of at least 4 members (excludes halogenated alkanes) is 1. The highest BCUT2D eigenvalue weighted by molar-refractivity contribution is 5.86. The molecule has 1 N–H and O–H groups in total. The van der Waals surface area contributed by atoms with Gasteiger partial charge < -0.3 is 9.72 Å². The molecule has 0 aliphatic rings. The molecular weight excluding hydrogens is 168 g/mol. The van der Waals surface area contributed by atoms with Crippen molar-refractivity contribution in [3.63, 3.8) is 0 Å². The number of rotatable bonds is 4. The summed E-state index contributed by atoms with van der Waals surface area (Å²) in [5.74, 6) is 0.459. The Kier molecular flexibility index (Phi) is 3.49. The Balaban J connectivity index is 2.58. The highest BCUT2D eigenvalue weighted by Gasteiger charge is 2.09.